The van der Waals surface area contributed by atoms with Crippen LogP contribution >= 0.6 is 0 Å². The maximum absolute atomic E-state index is 10.8. The molecule has 1 aromatic rings. The van der Waals surface area contributed by atoms with Crippen LogP contribution < -0.4 is 9.64 Å². The molecule has 15 heavy (non-hydrogen) atoms. The standard InChI is InChI=1S/C10H9NO4/c12-6-11-5-9(10(13)14)15-8-4-2-1-3-7(8)11/h1-4,6,9H,5H2,(H,13,14). The van der Waals surface area contributed by atoms with Gasteiger partial charge in [0.15, 0.2) is 0 Å². The maximum Gasteiger partial charge on any atom is 0.346 e. The number of ether oxygens (including phenoxy) is 1. The zero-order valence-corrected chi connectivity index (χ0v) is 7.79. The van der Waals surface area contributed by atoms with Crippen LogP contribution in [0.4, 0.5) is 5.69 Å². The highest BCUT2D eigenvalue weighted by molar-refractivity contribution is 5.84. The number of benzene rings is 1. The third-order valence-corrected chi connectivity index (χ3v) is 2.21. The second kappa shape index (κ2) is 3.61. The first-order valence-electron chi connectivity index (χ1n) is 4.43. The molecule has 0 saturated heterocycles. The predicted molar refractivity (Wildman–Crippen MR) is 51.9 cm³/mol. The van der Waals surface area contributed by atoms with Gasteiger partial charge in [-0.2, -0.15) is 0 Å². The van der Waals surface area contributed by atoms with Crippen molar-refractivity contribution in [3.05, 3.63) is 24.3 Å². The highest BCUT2D eigenvalue weighted by Crippen LogP contribution is 2.31. The minimum absolute atomic E-state index is 0.0375. The largest absolute Gasteiger partial charge is 0.478 e. The molecule has 1 N–H and O–H groups in total. The number of anilines is 1. The molecule has 1 heterocycles. The van der Waals surface area contributed by atoms with Gasteiger partial charge in [-0.3, -0.25) is 4.79 Å². The lowest BCUT2D eigenvalue weighted by atomic mass is 10.2. The maximum atomic E-state index is 10.8. The van der Waals surface area contributed by atoms with Gasteiger partial charge >= 0.3 is 5.97 Å². The molecule has 1 aliphatic rings. The first kappa shape index (κ1) is 9.51. The van der Waals surface area contributed by atoms with Crippen LogP contribution in [0.15, 0.2) is 24.3 Å². The van der Waals surface area contributed by atoms with Gasteiger partial charge in [0.2, 0.25) is 12.5 Å². The second-order valence-electron chi connectivity index (χ2n) is 3.17. The Balaban J connectivity index is 2.38. The lowest BCUT2D eigenvalue weighted by Gasteiger charge is -2.30. The number of carboxylic acid groups (broad SMARTS) is 1. The van der Waals surface area contributed by atoms with E-state index < -0.39 is 12.1 Å². The minimum Gasteiger partial charge on any atom is -0.478 e. The Morgan fingerprint density at radius 2 is 2.27 bits per heavy atom. The van der Waals surface area contributed by atoms with Gasteiger partial charge in [-0.15, -0.1) is 0 Å². The molecule has 0 bridgehead atoms. The molecule has 0 aromatic heterocycles. The van der Waals surface area contributed by atoms with Gasteiger partial charge in [-0.1, -0.05) is 12.1 Å². The lowest BCUT2D eigenvalue weighted by Crippen LogP contribution is -2.43. The number of para-hydroxylation sites is 2. The number of nitrogens with zero attached hydrogens (tertiary/aromatic N) is 1. The summed E-state index contributed by atoms with van der Waals surface area (Å²) in [6, 6.07) is 6.84. The molecule has 5 nitrogen and oxygen atoms in total. The molecule has 1 unspecified atom stereocenters. The number of fused-ring (bicyclic) bond motifs is 1. The molecule has 78 valence electrons. The third-order valence-electron chi connectivity index (χ3n) is 2.21. The number of hydrogen-bond donors (Lipinski definition) is 1. The molecule has 1 aliphatic heterocycles. The Kier molecular flexibility index (Phi) is 2.29. The zero-order chi connectivity index (χ0) is 10.8. The van der Waals surface area contributed by atoms with Crippen molar-refractivity contribution < 1.29 is 19.4 Å². The van der Waals surface area contributed by atoms with Crippen LogP contribution in [0.3, 0.4) is 0 Å². The van der Waals surface area contributed by atoms with Crippen LogP contribution in [0.5, 0.6) is 5.75 Å². The van der Waals surface area contributed by atoms with Crippen LogP contribution in [-0.4, -0.2) is 30.1 Å². The first-order valence-corrected chi connectivity index (χ1v) is 4.43. The molecule has 0 radical (unpaired) electrons. The van der Waals surface area contributed by atoms with E-state index in [0.29, 0.717) is 17.8 Å². The van der Waals surface area contributed by atoms with E-state index in [1.54, 1.807) is 24.3 Å². The van der Waals surface area contributed by atoms with E-state index in [9.17, 15) is 9.59 Å². The first-order chi connectivity index (χ1) is 7.22. The number of carbonyl (C=O) groups excluding carboxylic acids is 1. The number of amides is 1. The Morgan fingerprint density at radius 3 is 2.93 bits per heavy atom. The Morgan fingerprint density at radius 1 is 1.53 bits per heavy atom. The van der Waals surface area contributed by atoms with Gasteiger partial charge in [-0.25, -0.2) is 4.79 Å². The minimum atomic E-state index is -1.07. The van der Waals surface area contributed by atoms with Crippen molar-refractivity contribution in [3.63, 3.8) is 0 Å². The smallest absolute Gasteiger partial charge is 0.346 e. The third kappa shape index (κ3) is 1.63. The van der Waals surface area contributed by atoms with Crippen LogP contribution in [0.1, 0.15) is 0 Å². The number of aliphatic carboxylic acids is 1. The van der Waals surface area contributed by atoms with Crippen molar-refractivity contribution >= 4 is 18.1 Å². The monoisotopic (exact) mass is 207 g/mol. The van der Waals surface area contributed by atoms with Gasteiger partial charge in [0.1, 0.15) is 5.75 Å². The molecule has 0 saturated carbocycles. The van der Waals surface area contributed by atoms with E-state index in [0.717, 1.165) is 0 Å². The van der Waals surface area contributed by atoms with Crippen molar-refractivity contribution in [2.75, 3.05) is 11.4 Å². The Hall–Kier alpha value is -2.04. The average molecular weight is 207 g/mol. The van der Waals surface area contributed by atoms with E-state index >= 15 is 0 Å². The molecule has 1 amide bonds. The van der Waals surface area contributed by atoms with Gasteiger partial charge in [0.25, 0.3) is 0 Å². The van der Waals surface area contributed by atoms with Gasteiger partial charge in [-0.05, 0) is 12.1 Å². The summed E-state index contributed by atoms with van der Waals surface area (Å²) < 4.78 is 5.23. The zero-order valence-electron chi connectivity index (χ0n) is 7.79. The lowest BCUT2D eigenvalue weighted by molar-refractivity contribution is -0.144. The summed E-state index contributed by atoms with van der Waals surface area (Å²) in [4.78, 5) is 22.9. The molecule has 2 rings (SSSR count). The molecule has 1 aromatic carbocycles. The number of carbonyl (C=O) groups is 2. The van der Waals surface area contributed by atoms with Crippen molar-refractivity contribution in [2.45, 2.75) is 6.10 Å². The molecule has 0 fully saturated rings. The highest BCUT2D eigenvalue weighted by atomic mass is 16.5. The molecule has 0 spiro atoms. The summed E-state index contributed by atoms with van der Waals surface area (Å²) in [5, 5.41) is 8.81. The van der Waals surface area contributed by atoms with Crippen molar-refractivity contribution in [3.8, 4) is 5.75 Å². The number of hydrogen-bond acceptors (Lipinski definition) is 3. The van der Waals surface area contributed by atoms with Crippen LogP contribution in [0.25, 0.3) is 0 Å². The number of rotatable bonds is 2. The van der Waals surface area contributed by atoms with Gasteiger partial charge < -0.3 is 14.7 Å². The summed E-state index contributed by atoms with van der Waals surface area (Å²) >= 11 is 0. The van der Waals surface area contributed by atoms with Crippen LogP contribution in [0, 0.1) is 0 Å². The van der Waals surface area contributed by atoms with Gasteiger partial charge in [0.05, 0.1) is 12.2 Å². The predicted octanol–water partition coefficient (Wildman–Crippen LogP) is 0.495. The Bertz CT molecular complexity index is 404. The fourth-order valence-electron chi connectivity index (χ4n) is 1.49. The molecular formula is C10H9NO4. The normalized spacial score (nSPS) is 18.9. The van der Waals surface area contributed by atoms with Crippen molar-refractivity contribution in [1.82, 2.24) is 0 Å². The summed E-state index contributed by atoms with van der Waals surface area (Å²) in [5.41, 5.74) is 0.602. The highest BCUT2D eigenvalue weighted by Gasteiger charge is 2.29. The fraction of sp³-hybridized carbons (Fsp3) is 0.200. The summed E-state index contributed by atoms with van der Waals surface area (Å²) in [5.74, 6) is -0.653. The quantitative estimate of drug-likeness (QED) is 0.717. The molecule has 1 atom stereocenters. The summed E-state index contributed by atoms with van der Waals surface area (Å²) in [6.07, 6.45) is -0.387. The van der Waals surface area contributed by atoms with E-state index in [-0.39, 0.29) is 6.54 Å². The van der Waals surface area contributed by atoms with Crippen LogP contribution in [-0.2, 0) is 9.59 Å². The summed E-state index contributed by atoms with van der Waals surface area (Å²) in [7, 11) is 0. The Labute approximate surface area is 85.9 Å². The van der Waals surface area contributed by atoms with Crippen molar-refractivity contribution in [2.24, 2.45) is 0 Å². The SMILES string of the molecule is O=CN1CC(C(=O)O)Oc2ccccc21. The van der Waals surface area contributed by atoms with E-state index in [2.05, 4.69) is 0 Å². The van der Waals surface area contributed by atoms with E-state index in [4.69, 9.17) is 9.84 Å². The fourth-order valence-corrected chi connectivity index (χ4v) is 1.49. The average Bonchev–Trinajstić information content (AvgIpc) is 2.27. The second-order valence-corrected chi connectivity index (χ2v) is 3.17. The van der Waals surface area contributed by atoms with Crippen molar-refractivity contribution in [1.29, 1.82) is 0 Å². The van der Waals surface area contributed by atoms with E-state index in [1.165, 1.54) is 4.90 Å². The number of carboxylic acids is 1. The molecule has 5 heteroatoms. The van der Waals surface area contributed by atoms with Gasteiger partial charge in [0, 0.05) is 0 Å². The summed E-state index contributed by atoms with van der Waals surface area (Å²) in [6.45, 7) is 0.0375. The topological polar surface area (TPSA) is 66.8 Å². The molecular weight excluding hydrogens is 198 g/mol. The van der Waals surface area contributed by atoms with E-state index in [1.807, 2.05) is 0 Å². The van der Waals surface area contributed by atoms with Crippen LogP contribution in [0.2, 0.25) is 0 Å². The molecule has 0 aliphatic carbocycles.